The highest BCUT2D eigenvalue weighted by molar-refractivity contribution is 6.01. The molecule has 0 aliphatic rings. The van der Waals surface area contributed by atoms with Crippen molar-refractivity contribution in [2.45, 2.75) is 12.6 Å². The Morgan fingerprint density at radius 2 is 1.90 bits per heavy atom. The number of allylic oxidation sites excluding steroid dienone is 1. The average molecular weight is 567 g/mol. The van der Waals surface area contributed by atoms with Gasteiger partial charge in [-0.1, -0.05) is 24.8 Å². The minimum atomic E-state index is -4.72. The molecule has 3 rings (SSSR count). The van der Waals surface area contributed by atoms with Crippen LogP contribution in [-0.4, -0.2) is 56.2 Å². The quantitative estimate of drug-likeness (QED) is 0.235. The van der Waals surface area contributed by atoms with Crippen molar-refractivity contribution in [3.8, 4) is 6.07 Å². The first kappa shape index (κ1) is 30.8. The van der Waals surface area contributed by atoms with Crippen molar-refractivity contribution in [1.29, 1.82) is 5.26 Å². The van der Waals surface area contributed by atoms with Gasteiger partial charge in [0.2, 0.25) is 0 Å². The predicted molar refractivity (Wildman–Crippen MR) is 155 cm³/mol. The minimum absolute atomic E-state index is 0.181. The number of nitrogens with zero attached hydrogens (tertiary/aromatic N) is 3. The lowest BCUT2D eigenvalue weighted by Gasteiger charge is -2.17. The van der Waals surface area contributed by atoms with Gasteiger partial charge in [0.05, 0.1) is 28.2 Å². The van der Waals surface area contributed by atoms with Crippen LogP contribution in [0.15, 0.2) is 67.1 Å². The third kappa shape index (κ3) is 7.93. The monoisotopic (exact) mass is 566 g/mol. The van der Waals surface area contributed by atoms with Crippen LogP contribution >= 0.6 is 0 Å². The van der Waals surface area contributed by atoms with Crippen LogP contribution in [0.2, 0.25) is 0 Å². The largest absolute Gasteiger partial charge is 0.417 e. The number of alkyl halides is 3. The third-order valence-electron chi connectivity index (χ3n) is 6.11. The predicted octanol–water partition coefficient (Wildman–Crippen LogP) is 6.34. The third-order valence-corrected chi connectivity index (χ3v) is 6.11. The second kappa shape index (κ2) is 13.6. The number of fused-ring (bicyclic) bond motifs is 1. The summed E-state index contributed by atoms with van der Waals surface area (Å²) in [4.78, 5) is 18.1. The molecule has 0 aliphatic heterocycles. The van der Waals surface area contributed by atoms with Gasteiger partial charge in [-0.3, -0.25) is 4.79 Å². The van der Waals surface area contributed by atoms with E-state index in [1.165, 1.54) is 37.4 Å². The van der Waals surface area contributed by atoms with Crippen molar-refractivity contribution in [2.24, 2.45) is 0 Å². The summed E-state index contributed by atoms with van der Waals surface area (Å²) in [6.45, 7) is 3.99. The Kier molecular flexibility index (Phi) is 10.2. The summed E-state index contributed by atoms with van der Waals surface area (Å²) in [5.41, 5.74) is 0.561. The van der Waals surface area contributed by atoms with Crippen LogP contribution < -0.4 is 16.0 Å². The Balaban J connectivity index is 1.98. The second-order valence-corrected chi connectivity index (χ2v) is 9.32. The molecule has 0 spiro atoms. The molecule has 3 N–H and O–H groups in total. The number of amides is 1. The molecule has 1 aromatic heterocycles. The van der Waals surface area contributed by atoms with E-state index in [-0.39, 0.29) is 34.9 Å². The standard InChI is InChI=1S/C30H30F4N6O/c1-19(30(32,33)34)28-24-8-5-9-26(38-23(17-31)12-14-40(3)4)25(24)16-22(39-28)7-6-13-37-27-15-20(29(41)36-2)10-11-21(27)18-35/h5-11,15-17,37-38H,1,12-14H2,2-4H3,(H,36,41)/b7-6+,23-17-. The molecule has 3 aromatic rings. The SMILES string of the molecule is C=C(c1nc(/C=C/CNc2cc(C(=O)NC)ccc2C#N)cc2c(N/C(=C\F)CCN(C)C)cccc12)C(F)(F)F. The summed E-state index contributed by atoms with van der Waals surface area (Å²) in [5.74, 6) is -0.317. The van der Waals surface area contributed by atoms with E-state index in [4.69, 9.17) is 0 Å². The highest BCUT2D eigenvalue weighted by atomic mass is 19.4. The minimum Gasteiger partial charge on any atom is -0.380 e. The zero-order valence-corrected chi connectivity index (χ0v) is 22.9. The van der Waals surface area contributed by atoms with Gasteiger partial charge in [-0.15, -0.1) is 0 Å². The number of nitriles is 1. The van der Waals surface area contributed by atoms with Crippen molar-refractivity contribution in [1.82, 2.24) is 15.2 Å². The number of pyridine rings is 1. The maximum Gasteiger partial charge on any atom is 0.417 e. The molecule has 0 aliphatic carbocycles. The fourth-order valence-electron chi connectivity index (χ4n) is 3.94. The summed E-state index contributed by atoms with van der Waals surface area (Å²) >= 11 is 0. The maximum absolute atomic E-state index is 13.7. The Labute approximate surface area is 235 Å². The molecule has 41 heavy (non-hydrogen) atoms. The van der Waals surface area contributed by atoms with E-state index >= 15 is 0 Å². The normalized spacial score (nSPS) is 12.0. The molecule has 0 unspecified atom stereocenters. The smallest absolute Gasteiger partial charge is 0.380 e. The van der Waals surface area contributed by atoms with E-state index < -0.39 is 11.7 Å². The number of carbonyl (C=O) groups excluding carboxylic acids is 1. The van der Waals surface area contributed by atoms with Gasteiger partial charge in [0.1, 0.15) is 12.4 Å². The number of nitrogens with one attached hydrogen (secondary N) is 3. The molecule has 1 heterocycles. The van der Waals surface area contributed by atoms with Crippen molar-refractivity contribution in [3.05, 3.63) is 89.7 Å². The number of halogens is 4. The topological polar surface area (TPSA) is 93.1 Å². The van der Waals surface area contributed by atoms with E-state index in [0.717, 1.165) is 0 Å². The van der Waals surface area contributed by atoms with Crippen LogP contribution in [0, 0.1) is 11.3 Å². The van der Waals surface area contributed by atoms with Gasteiger partial charge in [0.15, 0.2) is 0 Å². The van der Waals surface area contributed by atoms with Crippen molar-refractivity contribution < 1.29 is 22.4 Å². The van der Waals surface area contributed by atoms with Gasteiger partial charge in [0.25, 0.3) is 5.91 Å². The molecule has 0 saturated heterocycles. The fourth-order valence-corrected chi connectivity index (χ4v) is 3.94. The fraction of sp³-hybridized carbons (Fsp3) is 0.233. The second-order valence-electron chi connectivity index (χ2n) is 9.32. The van der Waals surface area contributed by atoms with E-state index in [1.807, 2.05) is 25.1 Å². The van der Waals surface area contributed by atoms with Crippen LogP contribution in [0.5, 0.6) is 0 Å². The van der Waals surface area contributed by atoms with Crippen LogP contribution in [0.25, 0.3) is 22.4 Å². The van der Waals surface area contributed by atoms with Gasteiger partial charge < -0.3 is 20.9 Å². The number of rotatable bonds is 11. The number of carbonyl (C=O) groups is 1. The van der Waals surface area contributed by atoms with Gasteiger partial charge >= 0.3 is 6.18 Å². The number of hydrogen-bond acceptors (Lipinski definition) is 6. The molecule has 2 aromatic carbocycles. The Hall–Kier alpha value is -4.69. The Morgan fingerprint density at radius 3 is 2.54 bits per heavy atom. The summed E-state index contributed by atoms with van der Waals surface area (Å²) in [6, 6.07) is 13.0. The van der Waals surface area contributed by atoms with Gasteiger partial charge in [-0.2, -0.15) is 18.4 Å². The van der Waals surface area contributed by atoms with Crippen molar-refractivity contribution in [3.63, 3.8) is 0 Å². The van der Waals surface area contributed by atoms with Crippen molar-refractivity contribution >= 4 is 39.7 Å². The van der Waals surface area contributed by atoms with E-state index in [2.05, 4.69) is 27.5 Å². The average Bonchev–Trinajstić information content (AvgIpc) is 2.95. The van der Waals surface area contributed by atoms with E-state index in [1.54, 1.807) is 24.3 Å². The lowest BCUT2D eigenvalue weighted by molar-refractivity contribution is -0.0688. The first-order chi connectivity index (χ1) is 19.5. The molecule has 7 nitrogen and oxygen atoms in total. The first-order valence-corrected chi connectivity index (χ1v) is 12.6. The molecule has 0 fully saturated rings. The molecule has 0 saturated carbocycles. The number of anilines is 2. The molecule has 0 radical (unpaired) electrons. The Morgan fingerprint density at radius 1 is 1.15 bits per heavy atom. The number of hydrogen-bond donors (Lipinski definition) is 3. The molecule has 0 bridgehead atoms. The van der Waals surface area contributed by atoms with Crippen molar-refractivity contribution in [2.75, 3.05) is 44.9 Å². The first-order valence-electron chi connectivity index (χ1n) is 12.6. The van der Waals surface area contributed by atoms with Crippen LogP contribution in [-0.2, 0) is 0 Å². The number of aromatic nitrogens is 1. The summed E-state index contributed by atoms with van der Waals surface area (Å²) in [5, 5.41) is 18.6. The summed E-state index contributed by atoms with van der Waals surface area (Å²) < 4.78 is 54.8. The summed E-state index contributed by atoms with van der Waals surface area (Å²) in [7, 11) is 5.19. The lowest BCUT2D eigenvalue weighted by atomic mass is 10.0. The molecule has 0 atom stereocenters. The lowest BCUT2D eigenvalue weighted by Crippen LogP contribution is -2.18. The zero-order valence-electron chi connectivity index (χ0n) is 22.9. The van der Waals surface area contributed by atoms with Crippen LogP contribution in [0.3, 0.4) is 0 Å². The molecule has 11 heteroatoms. The van der Waals surface area contributed by atoms with E-state index in [9.17, 15) is 27.6 Å². The maximum atomic E-state index is 13.7. The Bertz CT molecular complexity index is 1540. The molecule has 214 valence electrons. The molecular weight excluding hydrogens is 536 g/mol. The summed E-state index contributed by atoms with van der Waals surface area (Å²) in [6.07, 6.45) is -0.755. The van der Waals surface area contributed by atoms with Gasteiger partial charge in [0, 0.05) is 54.3 Å². The van der Waals surface area contributed by atoms with E-state index in [0.29, 0.717) is 47.2 Å². The highest BCUT2D eigenvalue weighted by Crippen LogP contribution is 2.37. The van der Waals surface area contributed by atoms with Gasteiger partial charge in [-0.05, 0) is 50.5 Å². The van der Waals surface area contributed by atoms with Gasteiger partial charge in [-0.25, -0.2) is 9.37 Å². The van der Waals surface area contributed by atoms with Crippen LogP contribution in [0.4, 0.5) is 28.9 Å². The number of benzene rings is 2. The molecular formula is C30H30F4N6O. The highest BCUT2D eigenvalue weighted by Gasteiger charge is 2.35. The zero-order chi connectivity index (χ0) is 30.2. The molecule has 1 amide bonds. The van der Waals surface area contributed by atoms with Crippen LogP contribution in [0.1, 0.15) is 33.7 Å².